The summed E-state index contributed by atoms with van der Waals surface area (Å²) in [5.41, 5.74) is -0.139. The highest BCUT2D eigenvalue weighted by molar-refractivity contribution is 5.80. The van der Waals surface area contributed by atoms with Gasteiger partial charge in [-0.1, -0.05) is 20.8 Å². The second kappa shape index (κ2) is 2.90. The van der Waals surface area contributed by atoms with E-state index in [-0.39, 0.29) is 19.6 Å². The molecule has 0 amide bonds. The molecule has 0 unspecified atom stereocenters. The normalized spacial score (nSPS) is 10.0. The summed E-state index contributed by atoms with van der Waals surface area (Å²) < 4.78 is 0. The van der Waals surface area contributed by atoms with Crippen molar-refractivity contribution < 1.29 is 4.79 Å². The van der Waals surface area contributed by atoms with E-state index in [2.05, 4.69) is 0 Å². The van der Waals surface area contributed by atoms with Gasteiger partial charge in [-0.3, -0.25) is 4.79 Å². The van der Waals surface area contributed by atoms with Crippen LogP contribution in [0.25, 0.3) is 0 Å². The van der Waals surface area contributed by atoms with E-state index in [9.17, 15) is 4.79 Å². The van der Waals surface area contributed by atoms with Crippen molar-refractivity contribution in [2.75, 3.05) is 0 Å². The van der Waals surface area contributed by atoms with Gasteiger partial charge in [0.1, 0.15) is 5.78 Å². The van der Waals surface area contributed by atoms with Gasteiger partial charge in [-0.2, -0.15) is 0 Å². The Morgan fingerprint density at radius 2 is 1.38 bits per heavy atom. The van der Waals surface area contributed by atoms with Gasteiger partial charge in [0.25, 0.3) is 0 Å². The SMILES string of the molecule is B.CC(=O)C(C)(C)C. The molecule has 0 radical (unpaired) electrons. The summed E-state index contributed by atoms with van der Waals surface area (Å²) in [6, 6.07) is 0. The topological polar surface area (TPSA) is 17.1 Å². The minimum Gasteiger partial charge on any atom is -0.299 e. The molecule has 0 N–H and O–H groups in total. The maximum absolute atomic E-state index is 10.5. The standard InChI is InChI=1S/C6H12O.BH3/c1-5(7)6(2,3)4;/h1-4H3;1H3. The number of carbonyl (C=O) groups excluding carboxylic acids is 1. The third-order valence-corrected chi connectivity index (χ3v) is 1.06. The van der Waals surface area contributed by atoms with Crippen LogP contribution in [0.1, 0.15) is 27.7 Å². The third kappa shape index (κ3) is 3.91. The molecule has 0 aromatic carbocycles. The summed E-state index contributed by atoms with van der Waals surface area (Å²) in [6.07, 6.45) is 0. The molecule has 0 rings (SSSR count). The molecule has 0 aliphatic rings. The summed E-state index contributed by atoms with van der Waals surface area (Å²) in [6.45, 7) is 7.35. The number of carbonyl (C=O) groups is 1. The number of rotatable bonds is 0. The maximum Gasteiger partial charge on any atom is 0.135 e. The molecule has 0 spiro atoms. The molecule has 0 heterocycles. The second-order valence-corrected chi connectivity index (χ2v) is 2.81. The molecular formula is C6H15BO. The molecule has 2 heteroatoms. The maximum atomic E-state index is 10.5. The first-order valence-corrected chi connectivity index (χ1v) is 2.45. The average Bonchev–Trinajstić information content (AvgIpc) is 1.31. The minimum absolute atomic E-state index is 0. The lowest BCUT2D eigenvalue weighted by Crippen LogP contribution is -2.15. The minimum atomic E-state index is -0.139. The number of Topliss-reactive ketones (excluding diaryl/α,β-unsaturated/α-hetero) is 1. The second-order valence-electron chi connectivity index (χ2n) is 2.81. The van der Waals surface area contributed by atoms with E-state index >= 15 is 0 Å². The molecule has 0 atom stereocenters. The van der Waals surface area contributed by atoms with Crippen molar-refractivity contribution in [3.05, 3.63) is 0 Å². The monoisotopic (exact) mass is 114 g/mol. The average molecular weight is 114 g/mol. The fourth-order valence-corrected chi connectivity index (χ4v) is 0. The smallest absolute Gasteiger partial charge is 0.135 e. The Morgan fingerprint density at radius 1 is 1.25 bits per heavy atom. The Balaban J connectivity index is 0. The Kier molecular flexibility index (Phi) is 3.87. The zero-order valence-corrected chi connectivity index (χ0v) is 5.41. The highest BCUT2D eigenvalue weighted by atomic mass is 16.1. The zero-order valence-electron chi connectivity index (χ0n) is 5.41. The molecule has 0 bridgehead atoms. The van der Waals surface area contributed by atoms with Gasteiger partial charge < -0.3 is 0 Å². The third-order valence-electron chi connectivity index (χ3n) is 1.06. The first-order valence-electron chi connectivity index (χ1n) is 2.45. The summed E-state index contributed by atoms with van der Waals surface area (Å²) in [5, 5.41) is 0. The van der Waals surface area contributed by atoms with Crippen molar-refractivity contribution >= 4 is 14.2 Å². The lowest BCUT2D eigenvalue weighted by molar-refractivity contribution is -0.124. The summed E-state index contributed by atoms with van der Waals surface area (Å²) >= 11 is 0. The van der Waals surface area contributed by atoms with Crippen molar-refractivity contribution in [3.63, 3.8) is 0 Å². The quantitative estimate of drug-likeness (QED) is 0.417. The summed E-state index contributed by atoms with van der Waals surface area (Å²) in [4.78, 5) is 10.5. The van der Waals surface area contributed by atoms with Gasteiger partial charge in [-0.15, -0.1) is 0 Å². The van der Waals surface area contributed by atoms with Crippen LogP contribution < -0.4 is 0 Å². The molecule has 0 aliphatic heterocycles. The van der Waals surface area contributed by atoms with Crippen LogP contribution in [0.15, 0.2) is 0 Å². The van der Waals surface area contributed by atoms with Crippen molar-refractivity contribution in [2.45, 2.75) is 27.7 Å². The Hall–Kier alpha value is -0.265. The number of ketones is 1. The van der Waals surface area contributed by atoms with Crippen LogP contribution in [0.4, 0.5) is 0 Å². The van der Waals surface area contributed by atoms with E-state index in [1.54, 1.807) is 6.92 Å². The van der Waals surface area contributed by atoms with Gasteiger partial charge in [-0.05, 0) is 6.92 Å². The van der Waals surface area contributed by atoms with Gasteiger partial charge in [-0.25, -0.2) is 0 Å². The van der Waals surface area contributed by atoms with Crippen LogP contribution in [0.5, 0.6) is 0 Å². The molecule has 1 nitrogen and oxygen atoms in total. The van der Waals surface area contributed by atoms with Crippen molar-refractivity contribution in [1.82, 2.24) is 0 Å². The molecule has 0 fully saturated rings. The number of hydrogen-bond acceptors (Lipinski definition) is 1. The first-order chi connectivity index (χ1) is 2.94. The van der Waals surface area contributed by atoms with Crippen LogP contribution >= 0.6 is 0 Å². The molecule has 48 valence electrons. The van der Waals surface area contributed by atoms with Gasteiger partial charge in [0.15, 0.2) is 0 Å². The lowest BCUT2D eigenvalue weighted by Gasteiger charge is -2.11. The van der Waals surface area contributed by atoms with E-state index in [4.69, 9.17) is 0 Å². The van der Waals surface area contributed by atoms with Crippen LogP contribution in [-0.2, 0) is 4.79 Å². The van der Waals surface area contributed by atoms with E-state index in [1.165, 1.54) is 0 Å². The van der Waals surface area contributed by atoms with E-state index < -0.39 is 0 Å². The van der Waals surface area contributed by atoms with Gasteiger partial charge in [0, 0.05) is 5.41 Å². The van der Waals surface area contributed by atoms with E-state index in [0.29, 0.717) is 0 Å². The summed E-state index contributed by atoms with van der Waals surface area (Å²) in [5.74, 6) is 0.243. The van der Waals surface area contributed by atoms with Crippen molar-refractivity contribution in [1.29, 1.82) is 0 Å². The first kappa shape index (κ1) is 10.7. The molecular weight excluding hydrogens is 98.9 g/mol. The fraction of sp³-hybridized carbons (Fsp3) is 0.833. The molecule has 8 heavy (non-hydrogen) atoms. The van der Waals surface area contributed by atoms with Gasteiger partial charge >= 0.3 is 0 Å². The van der Waals surface area contributed by atoms with Crippen LogP contribution in [0.3, 0.4) is 0 Å². The molecule has 0 aromatic heterocycles. The van der Waals surface area contributed by atoms with Crippen molar-refractivity contribution in [2.24, 2.45) is 5.41 Å². The number of hydrogen-bond donors (Lipinski definition) is 0. The predicted molar refractivity (Wildman–Crippen MR) is 40.1 cm³/mol. The molecule has 0 saturated carbocycles. The van der Waals surface area contributed by atoms with Crippen molar-refractivity contribution in [3.8, 4) is 0 Å². The largest absolute Gasteiger partial charge is 0.299 e. The summed E-state index contributed by atoms with van der Waals surface area (Å²) in [7, 11) is 0. The lowest BCUT2D eigenvalue weighted by atomic mass is 9.92. The van der Waals surface area contributed by atoms with Crippen LogP contribution in [-0.4, -0.2) is 14.2 Å². The highest BCUT2D eigenvalue weighted by Crippen LogP contribution is 2.12. The zero-order chi connectivity index (χ0) is 6.08. The Labute approximate surface area is 53.0 Å². The molecule has 0 aliphatic carbocycles. The molecule has 0 aromatic rings. The fourth-order valence-electron chi connectivity index (χ4n) is 0. The van der Waals surface area contributed by atoms with E-state index in [0.717, 1.165) is 0 Å². The predicted octanol–water partition coefficient (Wildman–Crippen LogP) is 0.438. The van der Waals surface area contributed by atoms with Gasteiger partial charge in [0.05, 0.1) is 8.41 Å². The Bertz CT molecular complexity index is 81.0. The van der Waals surface area contributed by atoms with Gasteiger partial charge in [0.2, 0.25) is 0 Å². The Morgan fingerprint density at radius 3 is 1.38 bits per heavy atom. The highest BCUT2D eigenvalue weighted by Gasteiger charge is 2.14. The van der Waals surface area contributed by atoms with Crippen LogP contribution in [0.2, 0.25) is 0 Å². The van der Waals surface area contributed by atoms with Crippen LogP contribution in [0, 0.1) is 5.41 Å². The molecule has 0 saturated heterocycles. The van der Waals surface area contributed by atoms with E-state index in [1.807, 2.05) is 20.8 Å².